The van der Waals surface area contributed by atoms with Crippen molar-refractivity contribution in [2.75, 3.05) is 6.54 Å². The van der Waals surface area contributed by atoms with Crippen LogP contribution in [0.15, 0.2) is 18.5 Å². The van der Waals surface area contributed by atoms with Gasteiger partial charge in [0.05, 0.1) is 10.6 Å². The summed E-state index contributed by atoms with van der Waals surface area (Å²) in [5.74, 6) is -0.0285. The summed E-state index contributed by atoms with van der Waals surface area (Å²) in [7, 11) is 0. The maximum Gasteiger partial charge on any atom is 0.257 e. The first kappa shape index (κ1) is 15.0. The van der Waals surface area contributed by atoms with Gasteiger partial charge in [-0.15, -0.1) is 0 Å². The van der Waals surface area contributed by atoms with Gasteiger partial charge >= 0.3 is 0 Å². The van der Waals surface area contributed by atoms with Crippen LogP contribution < -0.4 is 0 Å². The van der Waals surface area contributed by atoms with E-state index >= 15 is 0 Å². The number of hydrogen-bond acceptors (Lipinski definition) is 2. The van der Waals surface area contributed by atoms with Crippen LogP contribution in [0.2, 0.25) is 5.02 Å². The molecule has 3 nitrogen and oxygen atoms in total. The lowest BCUT2D eigenvalue weighted by molar-refractivity contribution is 0.0702. The Bertz CT molecular complexity index is 393. The Balaban J connectivity index is 2.80. The van der Waals surface area contributed by atoms with Gasteiger partial charge in [0, 0.05) is 25.0 Å². The number of carbonyl (C=O) groups excluding carboxylic acids is 1. The molecule has 1 amide bonds. The van der Waals surface area contributed by atoms with E-state index in [1.807, 2.05) is 18.7 Å². The highest BCUT2D eigenvalue weighted by molar-refractivity contribution is 6.33. The summed E-state index contributed by atoms with van der Waals surface area (Å²) in [5, 5.41) is 0.469. The van der Waals surface area contributed by atoms with E-state index in [0.717, 1.165) is 25.8 Å². The van der Waals surface area contributed by atoms with Crippen LogP contribution in [0.3, 0.4) is 0 Å². The molecular formula is C14H21ClN2O. The van der Waals surface area contributed by atoms with Crippen LogP contribution in [0.5, 0.6) is 0 Å². The van der Waals surface area contributed by atoms with Crippen LogP contribution in [-0.2, 0) is 0 Å². The molecule has 0 spiro atoms. The van der Waals surface area contributed by atoms with Gasteiger partial charge in [0.2, 0.25) is 0 Å². The van der Waals surface area contributed by atoms with Gasteiger partial charge in [0.25, 0.3) is 5.91 Å². The number of unbranched alkanes of at least 4 members (excludes halogenated alkanes) is 2. The summed E-state index contributed by atoms with van der Waals surface area (Å²) in [6.07, 6.45) is 6.44. The van der Waals surface area contributed by atoms with Gasteiger partial charge in [-0.1, -0.05) is 31.4 Å². The van der Waals surface area contributed by atoms with E-state index in [1.165, 1.54) is 0 Å². The summed E-state index contributed by atoms with van der Waals surface area (Å²) in [5.41, 5.74) is 0.490. The van der Waals surface area contributed by atoms with Crippen molar-refractivity contribution in [2.24, 2.45) is 0 Å². The molecule has 0 bridgehead atoms. The van der Waals surface area contributed by atoms with Crippen molar-refractivity contribution in [3.05, 3.63) is 29.0 Å². The maximum atomic E-state index is 12.4. The third-order valence-electron chi connectivity index (χ3n) is 2.89. The lowest BCUT2D eigenvalue weighted by Gasteiger charge is -2.27. The first-order valence-electron chi connectivity index (χ1n) is 6.48. The molecule has 0 atom stereocenters. The van der Waals surface area contributed by atoms with E-state index in [4.69, 9.17) is 11.6 Å². The van der Waals surface area contributed by atoms with Crippen molar-refractivity contribution < 1.29 is 4.79 Å². The van der Waals surface area contributed by atoms with Crippen molar-refractivity contribution in [3.63, 3.8) is 0 Å². The van der Waals surface area contributed by atoms with Crippen molar-refractivity contribution in [1.82, 2.24) is 9.88 Å². The Hall–Kier alpha value is -1.09. The van der Waals surface area contributed by atoms with Gasteiger partial charge in [-0.2, -0.15) is 0 Å². The smallest absolute Gasteiger partial charge is 0.257 e. The predicted octanol–water partition coefficient (Wildman–Crippen LogP) is 3.78. The summed E-state index contributed by atoms with van der Waals surface area (Å²) >= 11 is 6.04. The molecule has 0 N–H and O–H groups in total. The Morgan fingerprint density at radius 3 is 2.72 bits per heavy atom. The molecule has 1 aromatic heterocycles. The molecule has 0 radical (unpaired) electrons. The van der Waals surface area contributed by atoms with E-state index in [2.05, 4.69) is 11.9 Å². The maximum absolute atomic E-state index is 12.4. The second-order valence-electron chi connectivity index (χ2n) is 4.65. The minimum Gasteiger partial charge on any atom is -0.336 e. The Morgan fingerprint density at radius 2 is 2.17 bits per heavy atom. The number of carbonyl (C=O) groups is 1. The molecule has 4 heteroatoms. The van der Waals surface area contributed by atoms with Crippen LogP contribution in [0.25, 0.3) is 0 Å². The highest BCUT2D eigenvalue weighted by Gasteiger charge is 2.20. The number of aromatic nitrogens is 1. The monoisotopic (exact) mass is 268 g/mol. The molecule has 100 valence electrons. The third kappa shape index (κ3) is 3.98. The van der Waals surface area contributed by atoms with Gasteiger partial charge < -0.3 is 4.90 Å². The zero-order valence-corrected chi connectivity index (χ0v) is 12.1. The first-order chi connectivity index (χ1) is 8.57. The van der Waals surface area contributed by atoms with E-state index in [0.29, 0.717) is 10.6 Å². The Morgan fingerprint density at radius 1 is 1.44 bits per heavy atom. The second-order valence-corrected chi connectivity index (χ2v) is 5.06. The highest BCUT2D eigenvalue weighted by Crippen LogP contribution is 2.17. The molecule has 0 saturated heterocycles. The second kappa shape index (κ2) is 7.37. The SMILES string of the molecule is CCCCCN(C(=O)c1cnccc1Cl)C(C)C. The standard InChI is InChI=1S/C14H21ClN2O/c1-4-5-6-9-17(11(2)3)14(18)12-10-16-8-7-13(12)15/h7-8,10-11H,4-6,9H2,1-3H3. The Kier molecular flexibility index (Phi) is 6.13. The largest absolute Gasteiger partial charge is 0.336 e. The van der Waals surface area contributed by atoms with Gasteiger partial charge in [-0.25, -0.2) is 0 Å². The van der Waals surface area contributed by atoms with Crippen molar-refractivity contribution >= 4 is 17.5 Å². The predicted molar refractivity (Wildman–Crippen MR) is 74.9 cm³/mol. The molecule has 0 aromatic carbocycles. The minimum atomic E-state index is -0.0285. The quantitative estimate of drug-likeness (QED) is 0.736. The van der Waals surface area contributed by atoms with Gasteiger partial charge in [-0.05, 0) is 26.3 Å². The van der Waals surface area contributed by atoms with Gasteiger partial charge in [0.1, 0.15) is 0 Å². The molecular weight excluding hydrogens is 248 g/mol. The summed E-state index contributed by atoms with van der Waals surface area (Å²) < 4.78 is 0. The number of halogens is 1. The summed E-state index contributed by atoms with van der Waals surface area (Å²) in [4.78, 5) is 18.2. The number of hydrogen-bond donors (Lipinski definition) is 0. The number of amides is 1. The normalized spacial score (nSPS) is 10.7. The molecule has 0 aliphatic rings. The fraction of sp³-hybridized carbons (Fsp3) is 0.571. The molecule has 1 rings (SSSR count). The topological polar surface area (TPSA) is 33.2 Å². The lowest BCUT2D eigenvalue weighted by atomic mass is 10.1. The number of rotatable bonds is 6. The Labute approximate surface area is 114 Å². The van der Waals surface area contributed by atoms with Crippen molar-refractivity contribution in [3.8, 4) is 0 Å². The van der Waals surface area contributed by atoms with Crippen LogP contribution in [0.4, 0.5) is 0 Å². The van der Waals surface area contributed by atoms with E-state index in [-0.39, 0.29) is 11.9 Å². The van der Waals surface area contributed by atoms with Gasteiger partial charge in [-0.3, -0.25) is 9.78 Å². The zero-order valence-electron chi connectivity index (χ0n) is 11.3. The molecule has 1 heterocycles. The third-order valence-corrected chi connectivity index (χ3v) is 3.21. The van der Waals surface area contributed by atoms with Crippen LogP contribution in [0, 0.1) is 0 Å². The molecule has 0 aliphatic heterocycles. The van der Waals surface area contributed by atoms with Crippen molar-refractivity contribution in [1.29, 1.82) is 0 Å². The van der Waals surface area contributed by atoms with E-state index in [9.17, 15) is 4.79 Å². The fourth-order valence-electron chi connectivity index (χ4n) is 1.82. The van der Waals surface area contributed by atoms with E-state index in [1.54, 1.807) is 18.5 Å². The average molecular weight is 269 g/mol. The highest BCUT2D eigenvalue weighted by atomic mass is 35.5. The molecule has 0 unspecified atom stereocenters. The van der Waals surface area contributed by atoms with Crippen molar-refractivity contribution in [2.45, 2.75) is 46.1 Å². The van der Waals surface area contributed by atoms with Gasteiger partial charge in [0.15, 0.2) is 0 Å². The fourth-order valence-corrected chi connectivity index (χ4v) is 2.00. The van der Waals surface area contributed by atoms with Crippen LogP contribution >= 0.6 is 11.6 Å². The minimum absolute atomic E-state index is 0.0285. The molecule has 0 fully saturated rings. The first-order valence-corrected chi connectivity index (χ1v) is 6.86. The summed E-state index contributed by atoms with van der Waals surface area (Å²) in [6.45, 7) is 6.97. The molecule has 0 aliphatic carbocycles. The lowest BCUT2D eigenvalue weighted by Crippen LogP contribution is -2.37. The number of nitrogens with zero attached hydrogens (tertiary/aromatic N) is 2. The van der Waals surface area contributed by atoms with E-state index < -0.39 is 0 Å². The molecule has 0 saturated carbocycles. The summed E-state index contributed by atoms with van der Waals surface area (Å²) in [6, 6.07) is 1.82. The van der Waals surface area contributed by atoms with Crippen LogP contribution in [-0.4, -0.2) is 28.4 Å². The van der Waals surface area contributed by atoms with Crippen LogP contribution in [0.1, 0.15) is 50.4 Å². The molecule has 1 aromatic rings. The number of pyridine rings is 1. The molecule has 18 heavy (non-hydrogen) atoms. The zero-order chi connectivity index (χ0) is 13.5. The average Bonchev–Trinajstić information content (AvgIpc) is 2.34.